The lowest BCUT2D eigenvalue weighted by molar-refractivity contribution is 0.0941. The topological polar surface area (TPSA) is 101 Å². The zero-order chi connectivity index (χ0) is 17.2. The van der Waals surface area contributed by atoms with Gasteiger partial charge in [0.05, 0.1) is 5.75 Å². The molecule has 0 atom stereocenters. The molecule has 1 aliphatic rings. The second kappa shape index (κ2) is 6.74. The van der Waals surface area contributed by atoms with Crippen LogP contribution in [-0.2, 0) is 22.3 Å². The molecular weight excluding hydrogens is 330 g/mol. The summed E-state index contributed by atoms with van der Waals surface area (Å²) in [5.74, 6) is 0.835. The van der Waals surface area contributed by atoms with Gasteiger partial charge in [-0.15, -0.1) is 0 Å². The van der Waals surface area contributed by atoms with Crippen molar-refractivity contribution in [2.24, 2.45) is 0 Å². The molecule has 1 heterocycles. The van der Waals surface area contributed by atoms with Crippen molar-refractivity contribution in [1.82, 2.24) is 15.2 Å². The van der Waals surface area contributed by atoms with E-state index >= 15 is 0 Å². The summed E-state index contributed by atoms with van der Waals surface area (Å²) in [6.45, 7) is 0.337. The third-order valence-corrected chi connectivity index (χ3v) is 5.22. The van der Waals surface area contributed by atoms with Gasteiger partial charge in [-0.3, -0.25) is 4.79 Å². The van der Waals surface area contributed by atoms with Crippen LogP contribution >= 0.6 is 0 Å². The Bertz CT molecular complexity index is 823. The van der Waals surface area contributed by atoms with Crippen molar-refractivity contribution in [3.05, 3.63) is 52.9 Å². The Labute approximate surface area is 140 Å². The molecule has 0 unspecified atom stereocenters. The van der Waals surface area contributed by atoms with E-state index in [1.807, 2.05) is 0 Å². The number of nitrogens with one attached hydrogen (secondary N) is 2. The summed E-state index contributed by atoms with van der Waals surface area (Å²) in [6.07, 6.45) is 2.18. The van der Waals surface area contributed by atoms with E-state index in [-0.39, 0.29) is 17.4 Å². The summed E-state index contributed by atoms with van der Waals surface area (Å²) in [5, 5.41) is 6.57. The van der Waals surface area contributed by atoms with Gasteiger partial charge in [0, 0.05) is 18.5 Å². The van der Waals surface area contributed by atoms with E-state index in [4.69, 9.17) is 4.52 Å². The number of aromatic nitrogens is 1. The highest BCUT2D eigenvalue weighted by atomic mass is 32.2. The van der Waals surface area contributed by atoms with Gasteiger partial charge in [-0.2, -0.15) is 0 Å². The molecular formula is C16H19N3O4S. The molecule has 0 bridgehead atoms. The average Bonchev–Trinajstić information content (AvgIpc) is 3.31. The maximum atomic E-state index is 12.0. The maximum Gasteiger partial charge on any atom is 0.273 e. The smallest absolute Gasteiger partial charge is 0.273 e. The van der Waals surface area contributed by atoms with Crippen LogP contribution in [0.15, 0.2) is 34.9 Å². The summed E-state index contributed by atoms with van der Waals surface area (Å²) in [4.78, 5) is 12.0. The fourth-order valence-corrected chi connectivity index (χ4v) is 3.05. The molecule has 1 aliphatic carbocycles. The van der Waals surface area contributed by atoms with Crippen molar-refractivity contribution in [1.29, 1.82) is 0 Å². The first-order valence-electron chi connectivity index (χ1n) is 7.71. The number of sulfonamides is 1. The van der Waals surface area contributed by atoms with Gasteiger partial charge in [0.2, 0.25) is 10.0 Å². The van der Waals surface area contributed by atoms with Crippen LogP contribution < -0.4 is 10.0 Å². The Kier molecular flexibility index (Phi) is 4.68. The Morgan fingerprint density at radius 2 is 1.92 bits per heavy atom. The van der Waals surface area contributed by atoms with E-state index < -0.39 is 10.0 Å². The van der Waals surface area contributed by atoms with Crippen LogP contribution in [0.1, 0.15) is 46.1 Å². The van der Waals surface area contributed by atoms with Crippen LogP contribution in [-0.4, -0.2) is 26.5 Å². The summed E-state index contributed by atoms with van der Waals surface area (Å²) < 4.78 is 30.4. The molecule has 24 heavy (non-hydrogen) atoms. The number of carbonyl (C=O) groups is 1. The van der Waals surface area contributed by atoms with Gasteiger partial charge < -0.3 is 9.84 Å². The standard InChI is InChI=1S/C16H19N3O4S/c1-17-24(21,22)10-12-4-2-11(3-5-12)9-18-16(20)14-8-15(23-19-14)13-6-7-13/h2-5,8,13,17H,6-7,9-10H2,1H3,(H,18,20). The van der Waals surface area contributed by atoms with E-state index in [9.17, 15) is 13.2 Å². The number of carbonyl (C=O) groups excluding carboxylic acids is 1. The largest absolute Gasteiger partial charge is 0.360 e. The lowest BCUT2D eigenvalue weighted by atomic mass is 10.1. The first kappa shape index (κ1) is 16.7. The molecule has 8 heteroatoms. The van der Waals surface area contributed by atoms with Gasteiger partial charge in [-0.1, -0.05) is 29.4 Å². The van der Waals surface area contributed by atoms with Crippen molar-refractivity contribution in [3.8, 4) is 0 Å². The zero-order valence-electron chi connectivity index (χ0n) is 13.3. The van der Waals surface area contributed by atoms with E-state index in [1.54, 1.807) is 30.3 Å². The quantitative estimate of drug-likeness (QED) is 0.789. The van der Waals surface area contributed by atoms with Gasteiger partial charge in [0.1, 0.15) is 5.76 Å². The van der Waals surface area contributed by atoms with E-state index in [0.717, 1.165) is 24.2 Å². The van der Waals surface area contributed by atoms with E-state index in [1.165, 1.54) is 7.05 Å². The number of nitrogens with zero attached hydrogens (tertiary/aromatic N) is 1. The van der Waals surface area contributed by atoms with Crippen molar-refractivity contribution in [3.63, 3.8) is 0 Å². The minimum absolute atomic E-state index is 0.0704. The molecule has 0 aliphatic heterocycles. The molecule has 0 radical (unpaired) electrons. The fourth-order valence-electron chi connectivity index (χ4n) is 2.27. The predicted molar refractivity (Wildman–Crippen MR) is 87.8 cm³/mol. The summed E-state index contributed by atoms with van der Waals surface area (Å²) in [5.41, 5.74) is 1.85. The normalized spacial score (nSPS) is 14.5. The van der Waals surface area contributed by atoms with E-state index in [0.29, 0.717) is 18.0 Å². The van der Waals surface area contributed by atoms with Gasteiger partial charge >= 0.3 is 0 Å². The van der Waals surface area contributed by atoms with Gasteiger partial charge in [-0.05, 0) is 31.0 Å². The number of benzene rings is 1. The molecule has 2 N–H and O–H groups in total. The summed E-state index contributed by atoms with van der Waals surface area (Å²) in [7, 11) is -1.90. The molecule has 1 aromatic heterocycles. The first-order valence-corrected chi connectivity index (χ1v) is 9.36. The number of hydrogen-bond donors (Lipinski definition) is 2. The molecule has 0 saturated heterocycles. The second-order valence-electron chi connectivity index (χ2n) is 5.85. The minimum Gasteiger partial charge on any atom is -0.360 e. The lowest BCUT2D eigenvalue weighted by Gasteiger charge is -2.06. The highest BCUT2D eigenvalue weighted by Crippen LogP contribution is 2.40. The van der Waals surface area contributed by atoms with Crippen LogP contribution in [0.3, 0.4) is 0 Å². The number of rotatable bonds is 7. The van der Waals surface area contributed by atoms with Crippen LogP contribution in [0.5, 0.6) is 0 Å². The van der Waals surface area contributed by atoms with Crippen LogP contribution in [0.2, 0.25) is 0 Å². The second-order valence-corrected chi connectivity index (χ2v) is 7.78. The Balaban J connectivity index is 1.54. The molecule has 0 spiro atoms. The molecule has 1 aromatic carbocycles. The average molecular weight is 349 g/mol. The molecule has 1 saturated carbocycles. The van der Waals surface area contributed by atoms with E-state index in [2.05, 4.69) is 15.2 Å². The summed E-state index contributed by atoms with van der Waals surface area (Å²) >= 11 is 0. The molecule has 7 nitrogen and oxygen atoms in total. The van der Waals surface area contributed by atoms with Crippen molar-refractivity contribution in [2.45, 2.75) is 31.1 Å². The monoisotopic (exact) mass is 349 g/mol. The van der Waals surface area contributed by atoms with Crippen molar-refractivity contribution >= 4 is 15.9 Å². The molecule has 1 fully saturated rings. The molecule has 1 amide bonds. The highest BCUT2D eigenvalue weighted by molar-refractivity contribution is 7.88. The Morgan fingerprint density at radius 3 is 2.54 bits per heavy atom. The fraction of sp³-hybridized carbons (Fsp3) is 0.375. The van der Waals surface area contributed by atoms with Crippen LogP contribution in [0.25, 0.3) is 0 Å². The van der Waals surface area contributed by atoms with Crippen LogP contribution in [0.4, 0.5) is 0 Å². The van der Waals surface area contributed by atoms with Gasteiger partial charge in [-0.25, -0.2) is 13.1 Å². The highest BCUT2D eigenvalue weighted by Gasteiger charge is 2.28. The molecule has 2 aromatic rings. The van der Waals surface area contributed by atoms with Crippen molar-refractivity contribution in [2.75, 3.05) is 7.05 Å². The first-order chi connectivity index (χ1) is 11.5. The molecule has 128 valence electrons. The third kappa shape index (κ3) is 4.21. The Morgan fingerprint density at radius 1 is 1.25 bits per heavy atom. The summed E-state index contributed by atoms with van der Waals surface area (Å²) in [6, 6.07) is 8.74. The minimum atomic E-state index is -3.29. The predicted octanol–water partition coefficient (Wildman–Crippen LogP) is 1.53. The Hall–Kier alpha value is -2.19. The van der Waals surface area contributed by atoms with Crippen LogP contribution in [0, 0.1) is 0 Å². The third-order valence-electron chi connectivity index (χ3n) is 3.88. The number of amides is 1. The maximum absolute atomic E-state index is 12.0. The lowest BCUT2D eigenvalue weighted by Crippen LogP contribution is -2.23. The van der Waals surface area contributed by atoms with Gasteiger partial charge in [0.25, 0.3) is 5.91 Å². The van der Waals surface area contributed by atoms with Gasteiger partial charge in [0.15, 0.2) is 5.69 Å². The van der Waals surface area contributed by atoms with Crippen molar-refractivity contribution < 1.29 is 17.7 Å². The molecule has 3 rings (SSSR count). The number of hydrogen-bond acceptors (Lipinski definition) is 5. The SMILES string of the molecule is CNS(=O)(=O)Cc1ccc(CNC(=O)c2cc(C3CC3)on2)cc1. The zero-order valence-corrected chi connectivity index (χ0v) is 14.1.